The summed E-state index contributed by atoms with van der Waals surface area (Å²) < 4.78 is 0. The van der Waals surface area contributed by atoms with Gasteiger partial charge in [-0.1, -0.05) is 67.7 Å². The van der Waals surface area contributed by atoms with Gasteiger partial charge in [-0.05, 0) is 16.1 Å². The van der Waals surface area contributed by atoms with Gasteiger partial charge in [0.05, 0.1) is 0 Å². The van der Waals surface area contributed by atoms with Crippen LogP contribution >= 0.6 is 0 Å². The highest BCUT2D eigenvalue weighted by molar-refractivity contribution is 6.79. The van der Waals surface area contributed by atoms with E-state index in [4.69, 9.17) is 0 Å². The van der Waals surface area contributed by atoms with E-state index in [1.165, 1.54) is 6.04 Å². The molecule has 0 aromatic carbocycles. The highest BCUT2D eigenvalue weighted by Crippen LogP contribution is 2.36. The summed E-state index contributed by atoms with van der Waals surface area (Å²) in [5.74, 6) is 0. The molecule has 5 heteroatoms. The Morgan fingerprint density at radius 1 is 0.905 bits per heavy atom. The molecule has 0 bridgehead atoms. The minimum absolute atomic E-state index is 0.168. The van der Waals surface area contributed by atoms with E-state index in [0.29, 0.717) is 16.2 Å². The molecule has 0 atom stereocenters. The van der Waals surface area contributed by atoms with Crippen molar-refractivity contribution in [3.8, 4) is 0 Å². The molecule has 21 heavy (non-hydrogen) atoms. The molecule has 0 aromatic rings. The van der Waals surface area contributed by atoms with Crippen LogP contribution in [0.1, 0.15) is 41.5 Å². The molecule has 0 aliphatic heterocycles. The van der Waals surface area contributed by atoms with Crippen molar-refractivity contribution in [2.24, 2.45) is 0 Å². The van der Waals surface area contributed by atoms with E-state index in [9.17, 15) is 0 Å². The van der Waals surface area contributed by atoms with Gasteiger partial charge in [0.25, 0.3) is 0 Å². The monoisotopic (exact) mass is 344 g/mol. The summed E-state index contributed by atoms with van der Waals surface area (Å²) in [5.41, 5.74) is 2.17. The average molecular weight is 345 g/mol. The molecule has 126 valence electrons. The van der Waals surface area contributed by atoms with Gasteiger partial charge in [-0.15, -0.1) is 12.3 Å². The van der Waals surface area contributed by atoms with Gasteiger partial charge in [-0.3, -0.25) is 0 Å². The standard InChI is InChI=1S/C16H40N2Si3/c1-12-19-13-14(17-20(8,9)15(2,3)4)18-21(10,11)16(5,6)7/h12,14,17-18H,1,13,19H2,2-11H3. The Labute approximate surface area is 138 Å². The van der Waals surface area contributed by atoms with Gasteiger partial charge in [-0.2, -0.15) is 0 Å². The van der Waals surface area contributed by atoms with E-state index < -0.39 is 16.5 Å². The molecular weight excluding hydrogens is 304 g/mol. The van der Waals surface area contributed by atoms with Gasteiger partial charge in [-0.25, -0.2) is 0 Å². The second kappa shape index (κ2) is 7.25. The highest BCUT2D eigenvalue weighted by Gasteiger charge is 2.41. The minimum atomic E-state index is -1.48. The highest BCUT2D eigenvalue weighted by atomic mass is 28.3. The zero-order valence-electron chi connectivity index (χ0n) is 16.3. The molecule has 2 N–H and O–H groups in total. The molecule has 0 rings (SSSR count). The van der Waals surface area contributed by atoms with Crippen molar-refractivity contribution in [1.29, 1.82) is 0 Å². The van der Waals surface area contributed by atoms with Crippen LogP contribution in [0.15, 0.2) is 12.3 Å². The van der Waals surface area contributed by atoms with Crippen LogP contribution in [0.25, 0.3) is 0 Å². The number of nitrogens with one attached hydrogen (secondary N) is 2. The number of hydrogen-bond acceptors (Lipinski definition) is 2. The van der Waals surface area contributed by atoms with Crippen molar-refractivity contribution in [2.45, 2.75) is 90.0 Å². The summed E-state index contributed by atoms with van der Waals surface area (Å²) >= 11 is 0. The largest absolute Gasteiger partial charge is 0.323 e. The van der Waals surface area contributed by atoms with Gasteiger partial charge < -0.3 is 9.96 Å². The topological polar surface area (TPSA) is 24.1 Å². The second-order valence-corrected chi connectivity index (χ2v) is 21.3. The van der Waals surface area contributed by atoms with Crippen LogP contribution in [-0.2, 0) is 0 Å². The van der Waals surface area contributed by atoms with Gasteiger partial charge in [0.15, 0.2) is 0 Å². The van der Waals surface area contributed by atoms with Crippen LogP contribution in [0.2, 0.25) is 42.3 Å². The van der Waals surface area contributed by atoms with Gasteiger partial charge in [0.2, 0.25) is 0 Å². The third kappa shape index (κ3) is 6.52. The quantitative estimate of drug-likeness (QED) is 0.533. The van der Waals surface area contributed by atoms with E-state index in [1.54, 1.807) is 0 Å². The SMILES string of the molecule is C=C[SiH2]CC(N[Si](C)(C)C(C)(C)C)N[Si](C)(C)C(C)(C)C. The lowest BCUT2D eigenvalue weighted by atomic mass is 10.2. The molecule has 0 saturated heterocycles. The maximum atomic E-state index is 4.05. The molecule has 0 radical (unpaired) electrons. The first-order valence-corrected chi connectivity index (χ1v) is 16.1. The van der Waals surface area contributed by atoms with Crippen molar-refractivity contribution in [1.82, 2.24) is 9.96 Å². The summed E-state index contributed by atoms with van der Waals surface area (Å²) in [6.45, 7) is 28.0. The Morgan fingerprint density at radius 2 is 1.24 bits per heavy atom. The predicted octanol–water partition coefficient (Wildman–Crippen LogP) is 4.23. The van der Waals surface area contributed by atoms with Crippen molar-refractivity contribution >= 4 is 26.0 Å². The molecule has 0 aliphatic carbocycles. The Kier molecular flexibility index (Phi) is 7.36. The fourth-order valence-electron chi connectivity index (χ4n) is 1.77. The lowest BCUT2D eigenvalue weighted by Crippen LogP contribution is -2.66. The molecule has 0 fully saturated rings. The van der Waals surface area contributed by atoms with E-state index in [0.717, 1.165) is 0 Å². The summed E-state index contributed by atoms with van der Waals surface area (Å²) in [6.07, 6.45) is 0.469. The molecule has 0 amide bonds. The first-order chi connectivity index (χ1) is 9.14. The molecule has 0 unspecified atom stereocenters. The fourth-order valence-corrected chi connectivity index (χ4v) is 6.39. The van der Waals surface area contributed by atoms with Crippen LogP contribution in [0.3, 0.4) is 0 Å². The molecule has 0 aliphatic rings. The van der Waals surface area contributed by atoms with Gasteiger partial charge in [0.1, 0.15) is 16.5 Å². The molecule has 0 heterocycles. The van der Waals surface area contributed by atoms with Crippen molar-refractivity contribution in [3.05, 3.63) is 12.3 Å². The van der Waals surface area contributed by atoms with E-state index in [1.807, 2.05) is 0 Å². The van der Waals surface area contributed by atoms with Crippen molar-refractivity contribution in [2.75, 3.05) is 0 Å². The first kappa shape index (κ1) is 21.3. The van der Waals surface area contributed by atoms with Crippen LogP contribution in [0.5, 0.6) is 0 Å². The zero-order chi connectivity index (χ0) is 17.1. The second-order valence-electron chi connectivity index (χ2n) is 9.46. The van der Waals surface area contributed by atoms with Gasteiger partial charge >= 0.3 is 0 Å². The lowest BCUT2D eigenvalue weighted by molar-refractivity contribution is 0.565. The molecule has 0 aromatic heterocycles. The molecule has 0 saturated carbocycles. The van der Waals surface area contributed by atoms with Gasteiger partial charge in [0, 0.05) is 15.7 Å². The summed E-state index contributed by atoms with van der Waals surface area (Å²) in [5, 5.41) is 0.742. The van der Waals surface area contributed by atoms with E-state index in [-0.39, 0.29) is 9.52 Å². The summed E-state index contributed by atoms with van der Waals surface area (Å²) in [7, 11) is -3.13. The lowest BCUT2D eigenvalue weighted by Gasteiger charge is -2.45. The Bertz CT molecular complexity index is 310. The maximum absolute atomic E-state index is 4.05. The van der Waals surface area contributed by atoms with Crippen LogP contribution < -0.4 is 9.96 Å². The van der Waals surface area contributed by atoms with Crippen molar-refractivity contribution in [3.63, 3.8) is 0 Å². The normalized spacial score (nSPS) is 15.2. The predicted molar refractivity (Wildman–Crippen MR) is 108 cm³/mol. The maximum Gasteiger partial charge on any atom is 0.126 e. The minimum Gasteiger partial charge on any atom is -0.323 e. The van der Waals surface area contributed by atoms with Crippen molar-refractivity contribution < 1.29 is 0 Å². The van der Waals surface area contributed by atoms with E-state index in [2.05, 4.69) is 90.0 Å². The Balaban J connectivity index is 5.11. The molecule has 0 spiro atoms. The molecule has 2 nitrogen and oxygen atoms in total. The fraction of sp³-hybridized carbons (Fsp3) is 0.875. The Hall–Kier alpha value is 0.311. The zero-order valence-corrected chi connectivity index (χ0v) is 19.7. The number of rotatable bonds is 7. The van der Waals surface area contributed by atoms with E-state index >= 15 is 0 Å². The smallest absolute Gasteiger partial charge is 0.126 e. The van der Waals surface area contributed by atoms with Crippen LogP contribution in [-0.4, -0.2) is 32.2 Å². The summed E-state index contributed by atoms with van der Waals surface area (Å²) in [4.78, 5) is 8.09. The first-order valence-electron chi connectivity index (χ1n) is 8.30. The van der Waals surface area contributed by atoms with Crippen LogP contribution in [0.4, 0.5) is 0 Å². The molecular formula is C16H40N2Si3. The Morgan fingerprint density at radius 3 is 1.48 bits per heavy atom. The average Bonchev–Trinajstić information content (AvgIpc) is 2.21. The number of hydrogen-bond donors (Lipinski definition) is 2. The van der Waals surface area contributed by atoms with Crippen LogP contribution in [0, 0.1) is 0 Å². The third-order valence-corrected chi connectivity index (χ3v) is 16.4. The summed E-state index contributed by atoms with van der Waals surface area (Å²) in [6, 6.07) is 1.27. The third-order valence-electron chi connectivity index (χ3n) is 5.48.